The van der Waals surface area contributed by atoms with Crippen molar-refractivity contribution in [3.05, 3.63) is 68.7 Å². The Hall–Kier alpha value is -3.06. The highest BCUT2D eigenvalue weighted by Gasteiger charge is 2.41. The highest BCUT2D eigenvalue weighted by Crippen LogP contribution is 2.47. The summed E-state index contributed by atoms with van der Waals surface area (Å²) in [5.41, 5.74) is 3.89. The van der Waals surface area contributed by atoms with E-state index >= 15 is 0 Å². The van der Waals surface area contributed by atoms with Gasteiger partial charge in [-0.25, -0.2) is 4.79 Å². The quantitative estimate of drug-likeness (QED) is 0.398. The fourth-order valence-corrected chi connectivity index (χ4v) is 5.62. The van der Waals surface area contributed by atoms with Crippen molar-refractivity contribution in [3.8, 4) is 11.5 Å². The molecule has 0 unspecified atom stereocenters. The molecule has 1 aromatic heterocycles. The highest BCUT2D eigenvalue weighted by atomic mass is 32.1. The second kappa shape index (κ2) is 10.5. The van der Waals surface area contributed by atoms with Gasteiger partial charge in [-0.1, -0.05) is 25.5 Å². The number of esters is 1. The van der Waals surface area contributed by atoms with E-state index in [0.29, 0.717) is 42.1 Å². The number of nitrogens with one attached hydrogen (secondary N) is 1. The van der Waals surface area contributed by atoms with E-state index in [-0.39, 0.29) is 17.7 Å². The molecule has 7 heteroatoms. The van der Waals surface area contributed by atoms with E-state index in [1.807, 2.05) is 42.6 Å². The normalized spacial score (nSPS) is 20.1. The van der Waals surface area contributed by atoms with Gasteiger partial charge >= 0.3 is 5.97 Å². The van der Waals surface area contributed by atoms with Crippen molar-refractivity contribution >= 4 is 23.1 Å². The lowest BCUT2D eigenvalue weighted by molar-refractivity contribution is -0.139. The first-order chi connectivity index (χ1) is 16.5. The first-order valence-corrected chi connectivity index (χ1v) is 12.5. The molecule has 2 heterocycles. The smallest absolute Gasteiger partial charge is 0.336 e. The van der Waals surface area contributed by atoms with Crippen molar-refractivity contribution in [1.29, 1.82) is 0 Å². The number of dihydropyridines is 1. The number of carbonyl (C=O) groups is 2. The molecule has 2 aromatic rings. The Bertz CT molecular complexity index is 1130. The van der Waals surface area contributed by atoms with Crippen molar-refractivity contribution in [1.82, 2.24) is 5.32 Å². The summed E-state index contributed by atoms with van der Waals surface area (Å²) in [5, 5.41) is 5.38. The molecular formula is C27H31NO5S. The number of rotatable bonds is 8. The molecule has 1 aromatic carbocycles. The second-order valence-electron chi connectivity index (χ2n) is 8.64. The van der Waals surface area contributed by atoms with Gasteiger partial charge in [0.25, 0.3) is 0 Å². The van der Waals surface area contributed by atoms with E-state index in [4.69, 9.17) is 14.2 Å². The zero-order valence-electron chi connectivity index (χ0n) is 20.1. The Balaban J connectivity index is 1.69. The van der Waals surface area contributed by atoms with Gasteiger partial charge in [0.1, 0.15) is 0 Å². The minimum atomic E-state index is -0.399. The molecule has 1 N–H and O–H groups in total. The Kier molecular flexibility index (Phi) is 7.41. The van der Waals surface area contributed by atoms with E-state index in [2.05, 4.69) is 12.2 Å². The van der Waals surface area contributed by atoms with Crippen LogP contribution in [0, 0.1) is 0 Å². The van der Waals surface area contributed by atoms with Gasteiger partial charge < -0.3 is 19.5 Å². The summed E-state index contributed by atoms with van der Waals surface area (Å²) in [6.45, 7) is 4.33. The summed E-state index contributed by atoms with van der Waals surface area (Å²) in [7, 11) is 3.22. The number of Topliss-reactive ketones (excluding diaryl/α,β-unsaturated/α-hetero) is 1. The maximum Gasteiger partial charge on any atom is 0.336 e. The first kappa shape index (κ1) is 24.1. The molecule has 0 amide bonds. The fourth-order valence-electron chi connectivity index (χ4n) is 4.78. The predicted molar refractivity (Wildman–Crippen MR) is 132 cm³/mol. The molecule has 6 nitrogen and oxygen atoms in total. The fraction of sp³-hybridized carbons (Fsp3) is 0.407. The molecule has 1 aliphatic heterocycles. The molecular weight excluding hydrogens is 450 g/mol. The first-order valence-electron chi connectivity index (χ1n) is 11.6. The maximum absolute atomic E-state index is 13.6. The number of unbranched alkanes of at least 4 members (excludes halogenated alkanes) is 1. The van der Waals surface area contributed by atoms with Crippen LogP contribution in [0.3, 0.4) is 0 Å². The van der Waals surface area contributed by atoms with E-state index in [9.17, 15) is 9.59 Å². The van der Waals surface area contributed by atoms with Gasteiger partial charge in [-0.2, -0.15) is 0 Å². The van der Waals surface area contributed by atoms with E-state index < -0.39 is 5.92 Å². The lowest BCUT2D eigenvalue weighted by atomic mass is 9.73. The number of hydrogen-bond acceptors (Lipinski definition) is 7. The van der Waals surface area contributed by atoms with Gasteiger partial charge in [0.2, 0.25) is 0 Å². The van der Waals surface area contributed by atoms with Gasteiger partial charge in [0, 0.05) is 28.3 Å². The second-order valence-corrected chi connectivity index (χ2v) is 9.62. The van der Waals surface area contributed by atoms with Crippen LogP contribution < -0.4 is 14.8 Å². The lowest BCUT2D eigenvalue weighted by Crippen LogP contribution is -2.36. The van der Waals surface area contributed by atoms with Crippen LogP contribution in [0.2, 0.25) is 0 Å². The van der Waals surface area contributed by atoms with Crippen LogP contribution in [0.5, 0.6) is 11.5 Å². The molecule has 180 valence electrons. The summed E-state index contributed by atoms with van der Waals surface area (Å²) >= 11 is 1.56. The van der Waals surface area contributed by atoms with Crippen molar-refractivity contribution in [2.45, 2.75) is 51.4 Å². The highest BCUT2D eigenvalue weighted by molar-refractivity contribution is 7.10. The topological polar surface area (TPSA) is 73.9 Å². The third kappa shape index (κ3) is 4.62. The zero-order chi connectivity index (χ0) is 24.2. The number of ketones is 1. The van der Waals surface area contributed by atoms with Crippen LogP contribution in [-0.4, -0.2) is 32.6 Å². The molecule has 0 spiro atoms. The average molecular weight is 482 g/mol. The van der Waals surface area contributed by atoms with Gasteiger partial charge in [0.05, 0.1) is 32.3 Å². The van der Waals surface area contributed by atoms with Gasteiger partial charge in [-0.3, -0.25) is 4.79 Å². The number of carbonyl (C=O) groups excluding carboxylic acids is 2. The van der Waals surface area contributed by atoms with E-state index in [1.165, 1.54) is 0 Å². The van der Waals surface area contributed by atoms with Crippen LogP contribution in [-0.2, 0) is 14.3 Å². The van der Waals surface area contributed by atoms with Crippen molar-refractivity contribution < 1.29 is 23.8 Å². The maximum atomic E-state index is 13.6. The van der Waals surface area contributed by atoms with Gasteiger partial charge in [-0.05, 0) is 54.8 Å². The summed E-state index contributed by atoms with van der Waals surface area (Å²) in [4.78, 5) is 27.7. The van der Waals surface area contributed by atoms with Crippen LogP contribution in [0.1, 0.15) is 61.8 Å². The number of allylic oxidation sites excluding steroid dienone is 3. The molecule has 1 aliphatic carbocycles. The van der Waals surface area contributed by atoms with Crippen molar-refractivity contribution in [2.75, 3.05) is 20.8 Å². The molecule has 4 rings (SSSR count). The third-order valence-corrected chi connectivity index (χ3v) is 7.42. The molecule has 0 saturated carbocycles. The number of ether oxygens (including phenoxy) is 3. The molecule has 0 bridgehead atoms. The monoisotopic (exact) mass is 481 g/mol. The molecule has 0 saturated heterocycles. The average Bonchev–Trinajstić information content (AvgIpc) is 3.37. The standard InChI is InChI=1S/C27H31NO5S/c1-5-6-11-33-27(30)24-16(2)28-19-13-18(17-9-10-21(31-3)22(15-17)32-4)14-20(29)25(19)26(24)23-8-7-12-34-23/h7-10,12,15,18,26,28H,5-6,11,13-14H2,1-4H3/t18-,26-/m0/s1. The summed E-state index contributed by atoms with van der Waals surface area (Å²) in [5.74, 6) is 0.620. The van der Waals surface area contributed by atoms with Crippen molar-refractivity contribution in [3.63, 3.8) is 0 Å². The van der Waals surface area contributed by atoms with Crippen LogP contribution in [0.15, 0.2) is 58.3 Å². The molecule has 2 aliphatic rings. The Morgan fingerprint density at radius 1 is 1.15 bits per heavy atom. The molecule has 0 radical (unpaired) electrons. The third-order valence-electron chi connectivity index (χ3n) is 6.49. The summed E-state index contributed by atoms with van der Waals surface area (Å²) in [6.07, 6.45) is 2.81. The van der Waals surface area contributed by atoms with Gasteiger partial charge in [-0.15, -0.1) is 11.3 Å². The molecule has 0 fully saturated rings. The van der Waals surface area contributed by atoms with Gasteiger partial charge in [0.15, 0.2) is 17.3 Å². The number of methoxy groups -OCH3 is 2. The Morgan fingerprint density at radius 3 is 2.62 bits per heavy atom. The summed E-state index contributed by atoms with van der Waals surface area (Å²) in [6, 6.07) is 9.76. The van der Waals surface area contributed by atoms with Crippen molar-refractivity contribution in [2.24, 2.45) is 0 Å². The lowest BCUT2D eigenvalue weighted by Gasteiger charge is -2.36. The Labute approximate surface area is 204 Å². The van der Waals surface area contributed by atoms with Crippen LogP contribution in [0.25, 0.3) is 0 Å². The minimum absolute atomic E-state index is 0.00778. The molecule has 2 atom stereocenters. The number of thiophene rings is 1. The number of hydrogen-bond donors (Lipinski definition) is 1. The number of benzene rings is 1. The van der Waals surface area contributed by atoms with Crippen LogP contribution in [0.4, 0.5) is 0 Å². The zero-order valence-corrected chi connectivity index (χ0v) is 20.9. The largest absolute Gasteiger partial charge is 0.493 e. The SMILES string of the molecule is CCCCOC(=O)C1=C(C)NC2=C(C(=O)C[C@@H](c3ccc(OC)c(OC)c3)C2)[C@H]1c1cccs1. The van der Waals surface area contributed by atoms with E-state index in [0.717, 1.165) is 34.7 Å². The van der Waals surface area contributed by atoms with E-state index in [1.54, 1.807) is 25.6 Å². The van der Waals surface area contributed by atoms with Crippen LogP contribution >= 0.6 is 11.3 Å². The predicted octanol–water partition coefficient (Wildman–Crippen LogP) is 5.47. The molecule has 34 heavy (non-hydrogen) atoms. The summed E-state index contributed by atoms with van der Waals surface area (Å²) < 4.78 is 16.4. The minimum Gasteiger partial charge on any atom is -0.493 e. The Morgan fingerprint density at radius 2 is 1.94 bits per heavy atom.